The minimum Gasteiger partial charge on any atom is -0.375 e. The number of nitrogens with zero attached hydrogens (tertiary/aromatic N) is 1. The van der Waals surface area contributed by atoms with Crippen molar-refractivity contribution in [2.24, 2.45) is 0 Å². The maximum Gasteiger partial charge on any atom is 0.0396 e. The zero-order valence-electron chi connectivity index (χ0n) is 10.6. The second kappa shape index (κ2) is 4.88. The van der Waals surface area contributed by atoms with E-state index in [0.29, 0.717) is 6.04 Å². The van der Waals surface area contributed by atoms with Gasteiger partial charge in [-0.25, -0.2) is 0 Å². The molecule has 1 fully saturated rings. The fourth-order valence-corrected chi connectivity index (χ4v) is 2.55. The molecule has 1 N–H and O–H groups in total. The number of hydrogen-bond acceptors (Lipinski definition) is 2. The van der Waals surface area contributed by atoms with Crippen LogP contribution in [0.4, 0.5) is 5.69 Å². The van der Waals surface area contributed by atoms with Gasteiger partial charge in [0.2, 0.25) is 0 Å². The van der Waals surface area contributed by atoms with E-state index >= 15 is 0 Å². The van der Waals surface area contributed by atoms with Gasteiger partial charge < -0.3 is 10.2 Å². The van der Waals surface area contributed by atoms with Crippen molar-refractivity contribution in [3.8, 4) is 0 Å². The number of rotatable bonds is 3. The Balaban J connectivity index is 2.32. The second-order valence-corrected chi connectivity index (χ2v) is 4.65. The Morgan fingerprint density at radius 3 is 2.88 bits per heavy atom. The molecule has 0 aliphatic carbocycles. The van der Waals surface area contributed by atoms with Gasteiger partial charge in [-0.1, -0.05) is 12.1 Å². The normalized spacial score (nSPS) is 20.1. The standard InChI is InChI=1S/C14H22N2/c1-4-16(3)14-9-5-7-12(11(14)2)13-8-6-10-15-13/h5,7,9,13,15H,4,6,8,10H2,1-3H3. The van der Waals surface area contributed by atoms with Gasteiger partial charge in [-0.2, -0.15) is 0 Å². The topological polar surface area (TPSA) is 15.3 Å². The lowest BCUT2D eigenvalue weighted by Gasteiger charge is -2.23. The molecule has 0 spiro atoms. The van der Waals surface area contributed by atoms with Crippen molar-refractivity contribution < 1.29 is 0 Å². The lowest BCUT2D eigenvalue weighted by atomic mass is 9.98. The van der Waals surface area contributed by atoms with E-state index in [1.165, 1.54) is 29.7 Å². The maximum atomic E-state index is 3.58. The third kappa shape index (κ3) is 2.07. The minimum atomic E-state index is 0.574. The van der Waals surface area contributed by atoms with E-state index in [0.717, 1.165) is 13.1 Å². The van der Waals surface area contributed by atoms with Gasteiger partial charge in [-0.15, -0.1) is 0 Å². The van der Waals surface area contributed by atoms with Crippen molar-refractivity contribution in [1.29, 1.82) is 0 Å². The maximum absolute atomic E-state index is 3.58. The highest BCUT2D eigenvalue weighted by atomic mass is 15.1. The van der Waals surface area contributed by atoms with Crippen LogP contribution in [0.2, 0.25) is 0 Å². The summed E-state index contributed by atoms with van der Waals surface area (Å²) in [6.45, 7) is 6.66. The Hall–Kier alpha value is -1.02. The average molecular weight is 218 g/mol. The fourth-order valence-electron chi connectivity index (χ4n) is 2.55. The van der Waals surface area contributed by atoms with Crippen LogP contribution in [0.25, 0.3) is 0 Å². The fraction of sp³-hybridized carbons (Fsp3) is 0.571. The monoisotopic (exact) mass is 218 g/mol. The number of anilines is 1. The van der Waals surface area contributed by atoms with E-state index in [-0.39, 0.29) is 0 Å². The third-order valence-corrected chi connectivity index (χ3v) is 3.67. The van der Waals surface area contributed by atoms with Crippen LogP contribution in [0.5, 0.6) is 0 Å². The minimum absolute atomic E-state index is 0.574. The zero-order valence-corrected chi connectivity index (χ0v) is 10.6. The molecule has 0 radical (unpaired) electrons. The van der Waals surface area contributed by atoms with Crippen LogP contribution >= 0.6 is 0 Å². The van der Waals surface area contributed by atoms with Gasteiger partial charge in [0, 0.05) is 25.3 Å². The number of hydrogen-bond donors (Lipinski definition) is 1. The van der Waals surface area contributed by atoms with Gasteiger partial charge in [0.15, 0.2) is 0 Å². The molecule has 1 aliphatic rings. The van der Waals surface area contributed by atoms with E-state index in [4.69, 9.17) is 0 Å². The molecule has 0 amide bonds. The molecule has 1 aromatic rings. The molecule has 0 aromatic heterocycles. The first-order valence-corrected chi connectivity index (χ1v) is 6.28. The lowest BCUT2D eigenvalue weighted by molar-refractivity contribution is 0.643. The second-order valence-electron chi connectivity index (χ2n) is 4.65. The number of benzene rings is 1. The molecule has 1 aromatic carbocycles. The summed E-state index contributed by atoms with van der Waals surface area (Å²) in [5.74, 6) is 0. The van der Waals surface area contributed by atoms with E-state index in [2.05, 4.69) is 49.3 Å². The molecule has 1 unspecified atom stereocenters. The van der Waals surface area contributed by atoms with Gasteiger partial charge in [0.1, 0.15) is 0 Å². The van der Waals surface area contributed by atoms with Gasteiger partial charge in [-0.05, 0) is 50.4 Å². The largest absolute Gasteiger partial charge is 0.375 e. The van der Waals surface area contributed by atoms with Crippen LogP contribution in [-0.4, -0.2) is 20.1 Å². The Kier molecular flexibility index (Phi) is 3.49. The molecule has 0 saturated carbocycles. The molecule has 1 heterocycles. The Morgan fingerprint density at radius 2 is 2.25 bits per heavy atom. The molecule has 0 bridgehead atoms. The van der Waals surface area contributed by atoms with Crippen molar-refractivity contribution >= 4 is 5.69 Å². The van der Waals surface area contributed by atoms with Crippen molar-refractivity contribution in [1.82, 2.24) is 5.32 Å². The molecule has 2 nitrogen and oxygen atoms in total. The summed E-state index contributed by atoms with van der Waals surface area (Å²) in [5.41, 5.74) is 4.29. The summed E-state index contributed by atoms with van der Waals surface area (Å²) < 4.78 is 0. The SMILES string of the molecule is CCN(C)c1cccc(C2CCCN2)c1C. The third-order valence-electron chi connectivity index (χ3n) is 3.67. The van der Waals surface area contributed by atoms with Crippen molar-refractivity contribution in [2.75, 3.05) is 25.0 Å². The molecule has 1 saturated heterocycles. The summed E-state index contributed by atoms with van der Waals surface area (Å²) in [4.78, 5) is 2.31. The molecule has 2 heteroatoms. The van der Waals surface area contributed by atoms with E-state index in [9.17, 15) is 0 Å². The smallest absolute Gasteiger partial charge is 0.0396 e. The van der Waals surface area contributed by atoms with E-state index in [1.54, 1.807) is 0 Å². The quantitative estimate of drug-likeness (QED) is 0.839. The van der Waals surface area contributed by atoms with Crippen LogP contribution < -0.4 is 10.2 Å². The summed E-state index contributed by atoms with van der Waals surface area (Å²) in [6, 6.07) is 7.25. The predicted octanol–water partition coefficient (Wildman–Crippen LogP) is 2.88. The first-order chi connectivity index (χ1) is 7.74. The summed E-state index contributed by atoms with van der Waals surface area (Å²) in [5, 5.41) is 3.58. The number of nitrogens with one attached hydrogen (secondary N) is 1. The summed E-state index contributed by atoms with van der Waals surface area (Å²) in [7, 11) is 2.16. The van der Waals surface area contributed by atoms with Gasteiger partial charge in [0.25, 0.3) is 0 Å². The molecular formula is C14H22N2. The van der Waals surface area contributed by atoms with Crippen LogP contribution in [0.3, 0.4) is 0 Å². The van der Waals surface area contributed by atoms with Crippen LogP contribution in [0.1, 0.15) is 36.9 Å². The van der Waals surface area contributed by atoms with Crippen molar-refractivity contribution in [2.45, 2.75) is 32.7 Å². The van der Waals surface area contributed by atoms with Crippen molar-refractivity contribution in [3.05, 3.63) is 29.3 Å². The molecular weight excluding hydrogens is 196 g/mol. The highest BCUT2D eigenvalue weighted by molar-refractivity contribution is 5.56. The first-order valence-electron chi connectivity index (χ1n) is 6.28. The Morgan fingerprint density at radius 1 is 1.44 bits per heavy atom. The highest BCUT2D eigenvalue weighted by Gasteiger charge is 2.19. The van der Waals surface area contributed by atoms with Crippen molar-refractivity contribution in [3.63, 3.8) is 0 Å². The van der Waals surface area contributed by atoms with Crippen LogP contribution in [-0.2, 0) is 0 Å². The Labute approximate surface area is 98.7 Å². The van der Waals surface area contributed by atoms with Crippen LogP contribution in [0.15, 0.2) is 18.2 Å². The van der Waals surface area contributed by atoms with Gasteiger partial charge in [-0.3, -0.25) is 0 Å². The molecule has 88 valence electrons. The first kappa shape index (κ1) is 11.5. The Bertz CT molecular complexity index is 354. The molecule has 16 heavy (non-hydrogen) atoms. The zero-order chi connectivity index (χ0) is 11.5. The highest BCUT2D eigenvalue weighted by Crippen LogP contribution is 2.30. The van der Waals surface area contributed by atoms with E-state index in [1.807, 2.05) is 0 Å². The lowest BCUT2D eigenvalue weighted by Crippen LogP contribution is -2.19. The van der Waals surface area contributed by atoms with E-state index < -0.39 is 0 Å². The molecule has 2 rings (SSSR count). The summed E-state index contributed by atoms with van der Waals surface area (Å²) in [6.07, 6.45) is 2.58. The molecule has 1 aliphatic heterocycles. The van der Waals surface area contributed by atoms with Gasteiger partial charge >= 0.3 is 0 Å². The predicted molar refractivity (Wildman–Crippen MR) is 70.1 cm³/mol. The van der Waals surface area contributed by atoms with Crippen LogP contribution in [0, 0.1) is 6.92 Å². The average Bonchev–Trinajstić information content (AvgIpc) is 2.82. The summed E-state index contributed by atoms with van der Waals surface area (Å²) >= 11 is 0. The molecule has 1 atom stereocenters. The van der Waals surface area contributed by atoms with Gasteiger partial charge in [0.05, 0.1) is 0 Å².